The van der Waals surface area contributed by atoms with Crippen molar-refractivity contribution in [1.29, 1.82) is 0 Å². The fourth-order valence-electron chi connectivity index (χ4n) is 6.62. The topological polar surface area (TPSA) is 114 Å². The molecule has 4 rings (SSSR count). The van der Waals surface area contributed by atoms with Gasteiger partial charge in [0.05, 0.1) is 37.9 Å². The molecule has 0 aromatic heterocycles. The van der Waals surface area contributed by atoms with Crippen molar-refractivity contribution >= 4 is 23.5 Å². The summed E-state index contributed by atoms with van der Waals surface area (Å²) in [6.07, 6.45) is 1.15. The average molecular weight is 503 g/mol. The van der Waals surface area contributed by atoms with Crippen LogP contribution in [0.4, 0.5) is 5.69 Å². The minimum atomic E-state index is -1.19. The molecule has 1 spiro atoms. The maximum atomic E-state index is 14.1. The quantitative estimate of drug-likeness (QED) is 0.499. The Hall–Kier alpha value is -2.65. The van der Waals surface area contributed by atoms with E-state index in [-0.39, 0.29) is 31.0 Å². The monoisotopic (exact) mass is 502 g/mol. The number of carbonyl (C=O) groups excluding carboxylic acids is 3. The minimum absolute atomic E-state index is 0.0725. The molecule has 0 radical (unpaired) electrons. The van der Waals surface area contributed by atoms with Gasteiger partial charge in [-0.1, -0.05) is 27.2 Å². The molecule has 9 nitrogen and oxygen atoms in total. The molecule has 9 heteroatoms. The van der Waals surface area contributed by atoms with Crippen LogP contribution in [0.25, 0.3) is 0 Å². The number of likely N-dealkylation sites (tertiary alicyclic amines) is 1. The van der Waals surface area contributed by atoms with E-state index in [9.17, 15) is 19.5 Å². The van der Waals surface area contributed by atoms with Crippen LogP contribution in [0.3, 0.4) is 0 Å². The fourth-order valence-corrected chi connectivity index (χ4v) is 6.62. The second kappa shape index (κ2) is 9.67. The van der Waals surface area contributed by atoms with Crippen molar-refractivity contribution in [2.75, 3.05) is 25.6 Å². The third kappa shape index (κ3) is 3.78. The molecular weight excluding hydrogens is 464 g/mol. The lowest BCUT2D eigenvalue weighted by atomic mass is 9.62. The number of aliphatic hydroxyl groups is 1. The van der Waals surface area contributed by atoms with Crippen LogP contribution in [-0.4, -0.2) is 71.4 Å². The van der Waals surface area contributed by atoms with E-state index < -0.39 is 47.0 Å². The number of amides is 2. The van der Waals surface area contributed by atoms with E-state index in [0.717, 1.165) is 0 Å². The Bertz CT molecular complexity index is 1010. The van der Waals surface area contributed by atoms with Gasteiger partial charge in [0, 0.05) is 5.69 Å². The van der Waals surface area contributed by atoms with Crippen LogP contribution in [0.5, 0.6) is 5.75 Å². The highest BCUT2D eigenvalue weighted by Gasteiger charge is 2.80. The zero-order valence-corrected chi connectivity index (χ0v) is 21.9. The first-order valence-corrected chi connectivity index (χ1v) is 12.8. The lowest BCUT2D eigenvalue weighted by Crippen LogP contribution is -2.57. The van der Waals surface area contributed by atoms with Crippen molar-refractivity contribution in [3.63, 3.8) is 0 Å². The van der Waals surface area contributed by atoms with Gasteiger partial charge in [-0.2, -0.15) is 0 Å². The number of nitrogens with one attached hydrogen (secondary N) is 1. The molecule has 2 N–H and O–H groups in total. The number of nitrogens with zero attached hydrogens (tertiary/aromatic N) is 1. The van der Waals surface area contributed by atoms with Crippen molar-refractivity contribution in [2.45, 2.75) is 70.7 Å². The van der Waals surface area contributed by atoms with E-state index in [2.05, 4.69) is 5.32 Å². The standard InChI is InChI=1S/C27H38N2O7/c1-7-15(3)19(14-30)29-22(23(31)28-17-9-11-18(34-6)12-10-17)27-13-16(4)26(5,36-27)21(20(27)24(29)32)25(33)35-8-2/h9-12,15-16,19-22,30H,7-8,13-14H2,1-6H3,(H,28,31)/t15-,16?,19-,20-,21-,22?,26+,27?/m0/s1. The Balaban J connectivity index is 1.80. The number of methoxy groups -OCH3 is 1. The lowest BCUT2D eigenvalue weighted by Gasteiger charge is -2.39. The molecule has 2 bridgehead atoms. The van der Waals surface area contributed by atoms with Crippen LogP contribution in [-0.2, 0) is 23.9 Å². The normalized spacial score (nSPS) is 34.3. The summed E-state index contributed by atoms with van der Waals surface area (Å²) in [5, 5.41) is 13.3. The van der Waals surface area contributed by atoms with Gasteiger partial charge >= 0.3 is 5.97 Å². The van der Waals surface area contributed by atoms with Crippen molar-refractivity contribution in [2.24, 2.45) is 23.7 Å². The van der Waals surface area contributed by atoms with E-state index in [1.54, 1.807) is 38.3 Å². The van der Waals surface area contributed by atoms with Crippen molar-refractivity contribution in [3.8, 4) is 5.75 Å². The first-order chi connectivity index (χ1) is 17.1. The molecule has 3 saturated heterocycles. The molecule has 36 heavy (non-hydrogen) atoms. The summed E-state index contributed by atoms with van der Waals surface area (Å²) in [5.74, 6) is -2.41. The molecule has 0 aliphatic carbocycles. The summed E-state index contributed by atoms with van der Waals surface area (Å²) in [7, 11) is 1.56. The highest BCUT2D eigenvalue weighted by atomic mass is 16.6. The van der Waals surface area contributed by atoms with Gasteiger partial charge in [0.25, 0.3) is 0 Å². The Morgan fingerprint density at radius 3 is 2.50 bits per heavy atom. The molecule has 3 unspecified atom stereocenters. The minimum Gasteiger partial charge on any atom is -0.497 e. The lowest BCUT2D eigenvalue weighted by molar-refractivity contribution is -0.162. The number of fused-ring (bicyclic) bond motifs is 1. The number of rotatable bonds is 9. The van der Waals surface area contributed by atoms with Gasteiger partial charge in [0.2, 0.25) is 11.8 Å². The number of esters is 1. The number of hydrogen-bond acceptors (Lipinski definition) is 7. The summed E-state index contributed by atoms with van der Waals surface area (Å²) in [6, 6.07) is 5.32. The summed E-state index contributed by atoms with van der Waals surface area (Å²) < 4.78 is 17.3. The Morgan fingerprint density at radius 1 is 1.28 bits per heavy atom. The zero-order chi connectivity index (χ0) is 26.4. The molecule has 1 aromatic carbocycles. The average Bonchev–Trinajstić information content (AvgIpc) is 3.37. The molecule has 3 aliphatic heterocycles. The van der Waals surface area contributed by atoms with E-state index in [1.165, 1.54) is 4.90 Å². The smallest absolute Gasteiger partial charge is 0.312 e. The van der Waals surface area contributed by atoms with Gasteiger partial charge in [0.1, 0.15) is 23.3 Å². The van der Waals surface area contributed by atoms with Gasteiger partial charge < -0.3 is 29.5 Å². The Labute approximate surface area is 212 Å². The molecule has 3 aliphatic rings. The van der Waals surface area contributed by atoms with Crippen LogP contribution in [0.2, 0.25) is 0 Å². The summed E-state index contributed by atoms with van der Waals surface area (Å²) in [4.78, 5) is 42.8. The maximum Gasteiger partial charge on any atom is 0.312 e. The number of ether oxygens (including phenoxy) is 3. The largest absolute Gasteiger partial charge is 0.497 e. The predicted molar refractivity (Wildman–Crippen MR) is 132 cm³/mol. The van der Waals surface area contributed by atoms with Crippen LogP contribution in [0, 0.1) is 23.7 Å². The summed E-state index contributed by atoms with van der Waals surface area (Å²) in [5.41, 5.74) is -1.58. The predicted octanol–water partition coefficient (Wildman–Crippen LogP) is 2.61. The van der Waals surface area contributed by atoms with Crippen LogP contribution >= 0.6 is 0 Å². The number of carbonyl (C=O) groups is 3. The molecule has 198 valence electrons. The second-order valence-corrected chi connectivity index (χ2v) is 10.6. The molecule has 2 amide bonds. The third-order valence-electron chi connectivity index (χ3n) is 8.74. The fraction of sp³-hybridized carbons (Fsp3) is 0.667. The summed E-state index contributed by atoms with van der Waals surface area (Å²) >= 11 is 0. The van der Waals surface area contributed by atoms with Crippen LogP contribution in [0.15, 0.2) is 24.3 Å². The van der Waals surface area contributed by atoms with Gasteiger partial charge in [0.15, 0.2) is 0 Å². The molecular formula is C27H38N2O7. The van der Waals surface area contributed by atoms with E-state index in [4.69, 9.17) is 14.2 Å². The van der Waals surface area contributed by atoms with Crippen molar-refractivity contribution in [3.05, 3.63) is 24.3 Å². The van der Waals surface area contributed by atoms with Crippen LogP contribution in [0.1, 0.15) is 47.5 Å². The molecule has 3 heterocycles. The first-order valence-electron chi connectivity index (χ1n) is 12.8. The van der Waals surface area contributed by atoms with Crippen molar-refractivity contribution in [1.82, 2.24) is 4.90 Å². The van der Waals surface area contributed by atoms with Gasteiger partial charge in [-0.25, -0.2) is 0 Å². The van der Waals surface area contributed by atoms with E-state index >= 15 is 0 Å². The highest BCUT2D eigenvalue weighted by molar-refractivity contribution is 6.03. The Morgan fingerprint density at radius 2 is 1.94 bits per heavy atom. The van der Waals surface area contributed by atoms with Gasteiger partial charge in [-0.05, 0) is 56.4 Å². The number of hydrogen-bond donors (Lipinski definition) is 2. The molecule has 8 atom stereocenters. The van der Waals surface area contributed by atoms with Gasteiger partial charge in [-0.3, -0.25) is 14.4 Å². The third-order valence-corrected chi connectivity index (χ3v) is 8.74. The van der Waals surface area contributed by atoms with Gasteiger partial charge in [-0.15, -0.1) is 0 Å². The zero-order valence-electron chi connectivity index (χ0n) is 21.9. The molecule has 3 fully saturated rings. The molecule has 0 saturated carbocycles. The second-order valence-electron chi connectivity index (χ2n) is 10.6. The Kier molecular flexibility index (Phi) is 7.09. The molecule has 1 aromatic rings. The number of benzene rings is 1. The maximum absolute atomic E-state index is 14.1. The highest BCUT2D eigenvalue weighted by Crippen LogP contribution is 2.65. The SMILES string of the molecule is CCOC(=O)[C@@H]1[C@H]2C(=O)N([C@@H](CO)[C@@H](C)CC)C(C(=O)Nc3ccc(OC)cc3)C23CC(C)[C@@]1(C)O3. The number of aliphatic hydroxyl groups excluding tert-OH is 1. The first kappa shape index (κ1) is 26.4. The van der Waals surface area contributed by atoms with Crippen molar-refractivity contribution < 1.29 is 33.7 Å². The van der Waals surface area contributed by atoms with E-state index in [1.807, 2.05) is 27.7 Å². The van der Waals surface area contributed by atoms with Crippen LogP contribution < -0.4 is 10.1 Å². The summed E-state index contributed by atoms with van der Waals surface area (Å²) in [6.45, 7) is 9.38. The number of anilines is 1. The van der Waals surface area contributed by atoms with E-state index in [0.29, 0.717) is 24.3 Å².